The highest BCUT2D eigenvalue weighted by Gasteiger charge is 2.69. The van der Waals surface area contributed by atoms with Gasteiger partial charge < -0.3 is 23.6 Å². The van der Waals surface area contributed by atoms with Crippen molar-refractivity contribution in [2.45, 2.75) is 49.9 Å². The number of furan rings is 1. The largest absolute Gasteiger partial charge is 0.493 e. The first-order valence-corrected chi connectivity index (χ1v) is 19.0. The zero-order chi connectivity index (χ0) is 40.6. The molecule has 0 spiro atoms. The molecule has 296 valence electrons. The van der Waals surface area contributed by atoms with Gasteiger partial charge in [-0.25, -0.2) is 33.4 Å². The Balaban J connectivity index is 1.17. The molecule has 58 heavy (non-hydrogen) atoms. The third-order valence-corrected chi connectivity index (χ3v) is 12.1. The topological polar surface area (TPSA) is 173 Å². The maximum Gasteiger partial charge on any atom is 0.347 e. The number of halogens is 1. The zero-order valence-corrected chi connectivity index (χ0v) is 32.4. The molecule has 0 bridgehead atoms. The smallest absolute Gasteiger partial charge is 0.347 e. The number of fused-ring (bicyclic) bond motifs is 5. The highest BCUT2D eigenvalue weighted by atomic mass is 35.5. The first-order valence-electron chi connectivity index (χ1n) is 18.7. The van der Waals surface area contributed by atoms with Gasteiger partial charge in [-0.3, -0.25) is 14.4 Å². The number of rotatable bonds is 9. The van der Waals surface area contributed by atoms with Crippen molar-refractivity contribution in [2.24, 2.45) is 13.0 Å². The second-order valence-electron chi connectivity index (χ2n) is 14.6. The number of imide groups is 1. The molecule has 15 nitrogen and oxygen atoms in total. The molecule has 3 aromatic heterocycles. The number of amides is 2. The second-order valence-corrected chi connectivity index (χ2v) is 15.0. The average molecular weight is 805 g/mol. The number of methoxy groups -OCH3 is 2. The summed E-state index contributed by atoms with van der Waals surface area (Å²) in [6, 6.07) is 21.3. The lowest BCUT2D eigenvalue weighted by atomic mass is 9.54. The molecule has 3 aliphatic rings. The molecular formula is C42H37ClN6O9. The van der Waals surface area contributed by atoms with Crippen LogP contribution in [0.1, 0.15) is 41.2 Å². The van der Waals surface area contributed by atoms with Gasteiger partial charge in [-0.1, -0.05) is 54.1 Å². The van der Waals surface area contributed by atoms with Gasteiger partial charge in [0, 0.05) is 37.2 Å². The summed E-state index contributed by atoms with van der Waals surface area (Å²) in [5.74, 6) is -1.52. The first-order chi connectivity index (χ1) is 28.0. The maximum atomic E-state index is 15.3. The van der Waals surface area contributed by atoms with E-state index in [-0.39, 0.29) is 37.4 Å². The number of ether oxygens (including phenoxy) is 2. The van der Waals surface area contributed by atoms with Crippen LogP contribution in [0.2, 0.25) is 5.02 Å². The normalized spacial score (nSPS) is 21.2. The third kappa shape index (κ3) is 5.29. The zero-order valence-electron chi connectivity index (χ0n) is 31.6. The highest BCUT2D eigenvalue weighted by Crippen LogP contribution is 2.62. The van der Waals surface area contributed by atoms with Crippen molar-refractivity contribution in [1.82, 2.24) is 23.5 Å². The van der Waals surface area contributed by atoms with Crippen LogP contribution in [-0.4, -0.2) is 54.6 Å². The summed E-state index contributed by atoms with van der Waals surface area (Å²) < 4.78 is 22.2. The number of nitrogens with zero attached hydrogens (tertiary/aromatic N) is 6. The Morgan fingerprint density at radius 3 is 2.40 bits per heavy atom. The van der Waals surface area contributed by atoms with E-state index in [1.165, 1.54) is 28.2 Å². The minimum atomic E-state index is -1.54. The lowest BCUT2D eigenvalue weighted by Crippen LogP contribution is -2.53. The van der Waals surface area contributed by atoms with E-state index in [0.29, 0.717) is 50.1 Å². The van der Waals surface area contributed by atoms with Crippen LogP contribution in [0, 0.1) is 5.92 Å². The summed E-state index contributed by atoms with van der Waals surface area (Å²) in [6.45, 7) is -0.589. The Morgan fingerprint density at radius 2 is 1.69 bits per heavy atom. The van der Waals surface area contributed by atoms with Crippen LogP contribution in [0.5, 0.6) is 11.5 Å². The molecule has 2 amide bonds. The molecule has 1 N–H and O–H groups in total. The van der Waals surface area contributed by atoms with E-state index in [0.717, 1.165) is 9.47 Å². The quantitative estimate of drug-likeness (QED) is 0.167. The van der Waals surface area contributed by atoms with Crippen LogP contribution < -0.4 is 31.3 Å². The Hall–Kier alpha value is -6.45. The molecule has 0 radical (unpaired) electrons. The van der Waals surface area contributed by atoms with Gasteiger partial charge in [0.2, 0.25) is 11.8 Å². The molecular weight excluding hydrogens is 768 g/mol. The number of hydrogen-bond donors (Lipinski definition) is 1. The summed E-state index contributed by atoms with van der Waals surface area (Å²) in [4.78, 5) is 78.1. The molecule has 2 fully saturated rings. The molecule has 6 aromatic rings. The van der Waals surface area contributed by atoms with Crippen molar-refractivity contribution in [3.63, 3.8) is 0 Å². The summed E-state index contributed by atoms with van der Waals surface area (Å²) >= 11 is 6.39. The summed E-state index contributed by atoms with van der Waals surface area (Å²) in [6.07, 6.45) is 1.78. The van der Waals surface area contributed by atoms with Crippen molar-refractivity contribution < 1.29 is 28.6 Å². The number of anilines is 1. The van der Waals surface area contributed by atoms with Gasteiger partial charge >= 0.3 is 11.4 Å². The molecule has 4 unspecified atom stereocenters. The number of aromatic nitrogens is 5. The van der Waals surface area contributed by atoms with E-state index in [2.05, 4.69) is 4.98 Å². The summed E-state index contributed by atoms with van der Waals surface area (Å²) in [5.41, 5.74) is -0.598. The number of aliphatic hydroxyl groups excluding tert-OH is 1. The van der Waals surface area contributed by atoms with Crippen LogP contribution in [-0.2, 0) is 48.2 Å². The first kappa shape index (κ1) is 37.1. The molecule has 5 heterocycles. The standard InChI is InChI=1S/C42H37ClN6O9/c1-45-32-21-35(57-3)34(56-2)20-30(32)44-29(38(45)52)15-16-46-40(54)47-17-14-27-31(49(47)41(46)55)19-28-37(51)48(25-11-7-10-24(43)18-25)39(53)42(28,23-8-5-4-6-9-23)36(27)33-13-12-26(22-50)58-33/h4-14,18,20-21,28,31,36,50H,15-17,19,22H2,1-3H3. The van der Waals surface area contributed by atoms with Crippen LogP contribution in [0.4, 0.5) is 5.69 Å². The molecule has 1 saturated heterocycles. The van der Waals surface area contributed by atoms with Crippen molar-refractivity contribution in [2.75, 3.05) is 19.1 Å². The Bertz CT molecular complexity index is 2890. The van der Waals surface area contributed by atoms with Gasteiger partial charge in [0.25, 0.3) is 5.56 Å². The fourth-order valence-electron chi connectivity index (χ4n) is 9.28. The van der Waals surface area contributed by atoms with E-state index in [1.807, 2.05) is 24.3 Å². The SMILES string of the molecule is COc1cc2nc(CCn3c(=O)n4n(c3=O)C3CC5C(=O)N(c6cccc(Cl)c6)C(=O)C5(c5ccccc5)C(c5ccc(CO)o5)C3=CC4)c(=O)n(C)c2cc1OC. The molecule has 1 saturated carbocycles. The molecule has 1 aliphatic carbocycles. The van der Waals surface area contributed by atoms with Gasteiger partial charge in [-0.2, -0.15) is 0 Å². The highest BCUT2D eigenvalue weighted by molar-refractivity contribution is 6.32. The third-order valence-electron chi connectivity index (χ3n) is 11.9. The number of aryl methyl sites for hydroxylation is 2. The lowest BCUT2D eigenvalue weighted by molar-refractivity contribution is -0.124. The van der Waals surface area contributed by atoms with Crippen molar-refractivity contribution in [3.8, 4) is 11.5 Å². The van der Waals surface area contributed by atoms with E-state index < -0.39 is 58.7 Å². The van der Waals surface area contributed by atoms with Crippen molar-refractivity contribution >= 4 is 40.1 Å². The number of benzene rings is 3. The number of carbonyl (C=O) groups is 2. The van der Waals surface area contributed by atoms with Gasteiger partial charge in [0.15, 0.2) is 11.5 Å². The Morgan fingerprint density at radius 1 is 0.931 bits per heavy atom. The van der Waals surface area contributed by atoms with E-state index in [4.69, 9.17) is 25.5 Å². The number of aliphatic hydroxyl groups is 1. The number of carbonyl (C=O) groups excluding carboxylic acids is 2. The maximum absolute atomic E-state index is 15.3. The van der Waals surface area contributed by atoms with Gasteiger partial charge in [-0.15, -0.1) is 0 Å². The number of hydrogen-bond acceptors (Lipinski definition) is 10. The molecule has 4 atom stereocenters. The van der Waals surface area contributed by atoms with Crippen LogP contribution in [0.3, 0.4) is 0 Å². The monoisotopic (exact) mass is 804 g/mol. The fraction of sp³-hybridized carbons (Fsp3) is 0.286. The minimum Gasteiger partial charge on any atom is -0.493 e. The van der Waals surface area contributed by atoms with E-state index >= 15 is 4.79 Å². The van der Waals surface area contributed by atoms with Crippen molar-refractivity contribution in [3.05, 3.63) is 150 Å². The van der Waals surface area contributed by atoms with Crippen molar-refractivity contribution in [1.29, 1.82) is 0 Å². The van der Waals surface area contributed by atoms with Crippen LogP contribution in [0.15, 0.2) is 109 Å². The van der Waals surface area contributed by atoms with Crippen LogP contribution >= 0.6 is 11.6 Å². The van der Waals surface area contributed by atoms with Crippen LogP contribution in [0.25, 0.3) is 11.0 Å². The Kier molecular flexibility index (Phi) is 8.89. The average Bonchev–Trinajstić information content (AvgIpc) is 3.88. The van der Waals surface area contributed by atoms with Gasteiger partial charge in [0.05, 0.1) is 55.4 Å². The molecule has 3 aromatic carbocycles. The predicted molar refractivity (Wildman–Crippen MR) is 211 cm³/mol. The summed E-state index contributed by atoms with van der Waals surface area (Å²) in [5, 5.41) is 10.4. The number of allylic oxidation sites excluding steroid dienone is 2. The minimum absolute atomic E-state index is 0.00609. The molecule has 9 rings (SSSR count). The molecule has 16 heteroatoms. The lowest BCUT2D eigenvalue weighted by Gasteiger charge is -2.48. The Labute approximate surface area is 334 Å². The molecule has 2 aliphatic heterocycles. The second kappa shape index (κ2) is 13.9. The predicted octanol–water partition coefficient (Wildman–Crippen LogP) is 3.85. The van der Waals surface area contributed by atoms with E-state index in [1.54, 1.807) is 67.7 Å². The fourth-order valence-corrected chi connectivity index (χ4v) is 9.46. The summed E-state index contributed by atoms with van der Waals surface area (Å²) in [7, 11) is 4.59. The van der Waals surface area contributed by atoms with Gasteiger partial charge in [-0.05, 0) is 47.9 Å². The van der Waals surface area contributed by atoms with E-state index in [9.17, 15) is 24.3 Å². The van der Waals surface area contributed by atoms with Gasteiger partial charge in [0.1, 0.15) is 29.2 Å².